The highest BCUT2D eigenvalue weighted by molar-refractivity contribution is 5.36. The van der Waals surface area contributed by atoms with Gasteiger partial charge in [-0.15, -0.1) is 0 Å². The lowest BCUT2D eigenvalue weighted by molar-refractivity contribution is 0.326. The smallest absolute Gasteiger partial charge is 0.218 e. The number of aromatic amines is 1. The molecule has 0 atom stereocenters. The Morgan fingerprint density at radius 2 is 2.22 bits per heavy atom. The SMILES string of the molecule is CCOc1cc(NCCCc2ncn[nH]2)ncn1. The molecule has 2 N–H and O–H groups in total. The first-order chi connectivity index (χ1) is 8.88. The Morgan fingerprint density at radius 3 is 3.00 bits per heavy atom. The van der Waals surface area contributed by atoms with E-state index in [0.717, 1.165) is 31.0 Å². The molecule has 0 aromatic carbocycles. The minimum absolute atomic E-state index is 0.588. The Bertz CT molecular complexity index is 458. The third kappa shape index (κ3) is 3.69. The lowest BCUT2D eigenvalue weighted by atomic mass is 10.3. The maximum absolute atomic E-state index is 5.30. The van der Waals surface area contributed by atoms with Crippen LogP contribution in [0.25, 0.3) is 0 Å². The average molecular weight is 248 g/mol. The molecule has 0 aliphatic carbocycles. The van der Waals surface area contributed by atoms with Crippen molar-refractivity contribution >= 4 is 5.82 Å². The largest absolute Gasteiger partial charge is 0.478 e. The van der Waals surface area contributed by atoms with Crippen LogP contribution < -0.4 is 10.1 Å². The minimum Gasteiger partial charge on any atom is -0.478 e. The number of hydrogen-bond acceptors (Lipinski definition) is 6. The molecule has 0 spiro atoms. The molecule has 7 nitrogen and oxygen atoms in total. The molecule has 2 aromatic heterocycles. The van der Waals surface area contributed by atoms with Crippen molar-refractivity contribution in [2.24, 2.45) is 0 Å². The molecule has 0 aliphatic rings. The normalized spacial score (nSPS) is 10.3. The van der Waals surface area contributed by atoms with Gasteiger partial charge in [0.2, 0.25) is 5.88 Å². The van der Waals surface area contributed by atoms with Crippen molar-refractivity contribution in [3.8, 4) is 5.88 Å². The van der Waals surface area contributed by atoms with E-state index in [1.807, 2.05) is 6.92 Å². The Labute approximate surface area is 105 Å². The van der Waals surface area contributed by atoms with E-state index in [-0.39, 0.29) is 0 Å². The molecule has 0 fully saturated rings. The first kappa shape index (κ1) is 12.3. The quantitative estimate of drug-likeness (QED) is 0.712. The molecular formula is C11H16N6O. The number of anilines is 1. The minimum atomic E-state index is 0.588. The molecule has 2 aromatic rings. The summed E-state index contributed by atoms with van der Waals surface area (Å²) in [5.41, 5.74) is 0. The molecule has 7 heteroatoms. The molecule has 0 radical (unpaired) electrons. The molecular weight excluding hydrogens is 232 g/mol. The van der Waals surface area contributed by atoms with Crippen LogP contribution >= 0.6 is 0 Å². The highest BCUT2D eigenvalue weighted by atomic mass is 16.5. The number of nitrogens with zero attached hydrogens (tertiary/aromatic N) is 4. The van der Waals surface area contributed by atoms with Crippen LogP contribution in [0.15, 0.2) is 18.7 Å². The third-order valence-electron chi connectivity index (χ3n) is 2.30. The lowest BCUT2D eigenvalue weighted by Crippen LogP contribution is -2.06. The van der Waals surface area contributed by atoms with Crippen molar-refractivity contribution in [1.82, 2.24) is 25.1 Å². The summed E-state index contributed by atoms with van der Waals surface area (Å²) in [6.07, 6.45) is 4.81. The van der Waals surface area contributed by atoms with Crippen LogP contribution in [0.2, 0.25) is 0 Å². The van der Waals surface area contributed by atoms with Gasteiger partial charge < -0.3 is 10.1 Å². The number of aryl methyl sites for hydroxylation is 1. The predicted molar refractivity (Wildman–Crippen MR) is 66.4 cm³/mol. The van der Waals surface area contributed by atoms with Gasteiger partial charge in [0, 0.05) is 19.0 Å². The fourth-order valence-corrected chi connectivity index (χ4v) is 1.49. The van der Waals surface area contributed by atoms with Crippen LogP contribution in [0.1, 0.15) is 19.2 Å². The zero-order chi connectivity index (χ0) is 12.6. The van der Waals surface area contributed by atoms with E-state index in [1.165, 1.54) is 12.7 Å². The van der Waals surface area contributed by atoms with Crippen LogP contribution in [0.3, 0.4) is 0 Å². The van der Waals surface area contributed by atoms with Crippen molar-refractivity contribution in [1.29, 1.82) is 0 Å². The highest BCUT2D eigenvalue weighted by Crippen LogP contribution is 2.10. The average Bonchev–Trinajstić information content (AvgIpc) is 2.89. The van der Waals surface area contributed by atoms with Crippen LogP contribution in [-0.2, 0) is 6.42 Å². The summed E-state index contributed by atoms with van der Waals surface area (Å²) in [7, 11) is 0. The standard InChI is InChI=1S/C11H16N6O/c1-2-18-11-6-10(13-7-15-11)12-5-3-4-9-14-8-16-17-9/h6-8H,2-5H2,1H3,(H,12,13,15)(H,14,16,17). The molecule has 18 heavy (non-hydrogen) atoms. The Hall–Kier alpha value is -2.18. The van der Waals surface area contributed by atoms with Gasteiger partial charge in [-0.1, -0.05) is 0 Å². The lowest BCUT2D eigenvalue weighted by Gasteiger charge is -2.06. The van der Waals surface area contributed by atoms with Crippen molar-refractivity contribution in [3.63, 3.8) is 0 Å². The van der Waals surface area contributed by atoms with Gasteiger partial charge in [-0.05, 0) is 13.3 Å². The van der Waals surface area contributed by atoms with Crippen LogP contribution in [0.4, 0.5) is 5.82 Å². The summed E-state index contributed by atoms with van der Waals surface area (Å²) >= 11 is 0. The van der Waals surface area contributed by atoms with Crippen molar-refractivity contribution in [2.45, 2.75) is 19.8 Å². The summed E-state index contributed by atoms with van der Waals surface area (Å²) in [4.78, 5) is 12.2. The Balaban J connectivity index is 1.74. The molecule has 96 valence electrons. The van der Waals surface area contributed by atoms with Gasteiger partial charge in [-0.3, -0.25) is 5.10 Å². The highest BCUT2D eigenvalue weighted by Gasteiger charge is 1.99. The number of nitrogens with one attached hydrogen (secondary N) is 2. The number of hydrogen-bond donors (Lipinski definition) is 2. The topological polar surface area (TPSA) is 88.6 Å². The van der Waals surface area contributed by atoms with E-state index in [9.17, 15) is 0 Å². The molecule has 0 bridgehead atoms. The van der Waals surface area contributed by atoms with Gasteiger partial charge in [0.25, 0.3) is 0 Å². The number of H-pyrrole nitrogens is 1. The van der Waals surface area contributed by atoms with Gasteiger partial charge in [0.1, 0.15) is 24.3 Å². The summed E-state index contributed by atoms with van der Waals surface area (Å²) < 4.78 is 5.30. The van der Waals surface area contributed by atoms with Gasteiger partial charge >= 0.3 is 0 Å². The van der Waals surface area contributed by atoms with E-state index in [1.54, 1.807) is 6.07 Å². The maximum Gasteiger partial charge on any atom is 0.218 e. The summed E-state index contributed by atoms with van der Waals surface area (Å²) in [6.45, 7) is 3.33. The van der Waals surface area contributed by atoms with Crippen LogP contribution in [0, 0.1) is 0 Å². The molecule has 2 rings (SSSR count). The molecule has 0 saturated carbocycles. The molecule has 0 aliphatic heterocycles. The first-order valence-electron chi connectivity index (χ1n) is 5.91. The van der Waals surface area contributed by atoms with E-state index < -0.39 is 0 Å². The van der Waals surface area contributed by atoms with Gasteiger partial charge in [0.15, 0.2) is 0 Å². The zero-order valence-electron chi connectivity index (χ0n) is 10.3. The number of ether oxygens (including phenoxy) is 1. The fourth-order valence-electron chi connectivity index (χ4n) is 1.49. The zero-order valence-corrected chi connectivity index (χ0v) is 10.3. The van der Waals surface area contributed by atoms with Crippen molar-refractivity contribution in [3.05, 3.63) is 24.5 Å². The first-order valence-corrected chi connectivity index (χ1v) is 5.91. The van der Waals surface area contributed by atoms with Gasteiger partial charge in [-0.25, -0.2) is 15.0 Å². The maximum atomic E-state index is 5.30. The van der Waals surface area contributed by atoms with Gasteiger partial charge in [-0.2, -0.15) is 5.10 Å². The monoisotopic (exact) mass is 248 g/mol. The van der Waals surface area contributed by atoms with Crippen LogP contribution in [-0.4, -0.2) is 38.3 Å². The molecule has 0 amide bonds. The number of rotatable bonds is 7. The van der Waals surface area contributed by atoms with E-state index in [4.69, 9.17) is 4.74 Å². The van der Waals surface area contributed by atoms with Gasteiger partial charge in [0.05, 0.1) is 6.61 Å². The Morgan fingerprint density at radius 1 is 1.28 bits per heavy atom. The number of aromatic nitrogens is 5. The molecule has 0 unspecified atom stereocenters. The fraction of sp³-hybridized carbons (Fsp3) is 0.455. The summed E-state index contributed by atoms with van der Waals surface area (Å²) in [5.74, 6) is 2.26. The second-order valence-electron chi connectivity index (χ2n) is 3.64. The van der Waals surface area contributed by atoms with Crippen LogP contribution in [0.5, 0.6) is 5.88 Å². The second-order valence-corrected chi connectivity index (χ2v) is 3.64. The Kier molecular flexibility index (Phi) is 4.46. The molecule has 0 saturated heterocycles. The van der Waals surface area contributed by atoms with Crippen molar-refractivity contribution in [2.75, 3.05) is 18.5 Å². The van der Waals surface area contributed by atoms with E-state index in [2.05, 4.69) is 30.5 Å². The summed E-state index contributed by atoms with van der Waals surface area (Å²) in [5, 5.41) is 9.84. The van der Waals surface area contributed by atoms with E-state index in [0.29, 0.717) is 12.5 Å². The van der Waals surface area contributed by atoms with Crippen molar-refractivity contribution < 1.29 is 4.74 Å². The second kappa shape index (κ2) is 6.53. The molecule has 2 heterocycles. The van der Waals surface area contributed by atoms with E-state index >= 15 is 0 Å². The summed E-state index contributed by atoms with van der Waals surface area (Å²) in [6, 6.07) is 1.79. The predicted octanol–water partition coefficient (Wildman–Crippen LogP) is 1.04. The third-order valence-corrected chi connectivity index (χ3v) is 2.30.